The Hall–Kier alpha value is -1.42. The third-order valence-corrected chi connectivity index (χ3v) is 2.26. The molecule has 5 heteroatoms. The molecule has 0 heterocycles. The lowest BCUT2D eigenvalue weighted by molar-refractivity contribution is -0.384. The van der Waals surface area contributed by atoms with E-state index in [9.17, 15) is 14.9 Å². The average Bonchev–Trinajstić information content (AvgIpc) is 2.16. The van der Waals surface area contributed by atoms with Gasteiger partial charge in [-0.2, -0.15) is 0 Å². The SMILES string of the molecule is Cc1ccc([N+](=O)[O-])cc1C(=O)C(C)Cl. The lowest BCUT2D eigenvalue weighted by Gasteiger charge is -2.05. The summed E-state index contributed by atoms with van der Waals surface area (Å²) < 4.78 is 0. The number of alkyl halides is 1. The van der Waals surface area contributed by atoms with E-state index in [1.54, 1.807) is 19.9 Å². The first-order chi connectivity index (χ1) is 6.93. The highest BCUT2D eigenvalue weighted by atomic mass is 35.5. The Morgan fingerprint density at radius 2 is 2.13 bits per heavy atom. The first-order valence-electron chi connectivity index (χ1n) is 4.37. The van der Waals surface area contributed by atoms with Gasteiger partial charge in [0.05, 0.1) is 10.3 Å². The maximum absolute atomic E-state index is 11.6. The van der Waals surface area contributed by atoms with Crippen molar-refractivity contribution in [2.45, 2.75) is 19.2 Å². The molecule has 1 aromatic carbocycles. The van der Waals surface area contributed by atoms with Crippen LogP contribution in [0, 0.1) is 17.0 Å². The van der Waals surface area contributed by atoms with E-state index < -0.39 is 10.3 Å². The highest BCUT2D eigenvalue weighted by molar-refractivity contribution is 6.33. The molecule has 0 aliphatic heterocycles. The van der Waals surface area contributed by atoms with E-state index in [4.69, 9.17) is 11.6 Å². The van der Waals surface area contributed by atoms with Gasteiger partial charge in [-0.15, -0.1) is 11.6 Å². The number of nitro benzene ring substituents is 1. The molecule has 0 saturated heterocycles. The Morgan fingerprint density at radius 3 is 2.60 bits per heavy atom. The fourth-order valence-electron chi connectivity index (χ4n) is 1.20. The van der Waals surface area contributed by atoms with Gasteiger partial charge in [0.25, 0.3) is 5.69 Å². The highest BCUT2D eigenvalue weighted by Crippen LogP contribution is 2.19. The van der Waals surface area contributed by atoms with Crippen LogP contribution in [0.1, 0.15) is 22.8 Å². The van der Waals surface area contributed by atoms with Crippen molar-refractivity contribution in [1.29, 1.82) is 0 Å². The van der Waals surface area contributed by atoms with Gasteiger partial charge < -0.3 is 0 Å². The van der Waals surface area contributed by atoms with Gasteiger partial charge >= 0.3 is 0 Å². The first-order valence-corrected chi connectivity index (χ1v) is 4.80. The van der Waals surface area contributed by atoms with Gasteiger partial charge in [0.1, 0.15) is 0 Å². The van der Waals surface area contributed by atoms with E-state index in [0.717, 1.165) is 0 Å². The number of non-ortho nitro benzene ring substituents is 1. The monoisotopic (exact) mass is 227 g/mol. The third kappa shape index (κ3) is 2.53. The summed E-state index contributed by atoms with van der Waals surface area (Å²) in [6, 6.07) is 4.17. The van der Waals surface area contributed by atoms with Crippen LogP contribution < -0.4 is 0 Å². The standard InChI is InChI=1S/C10H10ClNO3/c1-6-3-4-8(12(14)15)5-9(6)10(13)7(2)11/h3-5,7H,1-2H3. The molecule has 0 N–H and O–H groups in total. The molecule has 0 amide bonds. The van der Waals surface area contributed by atoms with E-state index in [0.29, 0.717) is 11.1 Å². The number of hydrogen-bond donors (Lipinski definition) is 0. The largest absolute Gasteiger partial charge is 0.293 e. The molecular formula is C10H10ClNO3. The van der Waals surface area contributed by atoms with Crippen molar-refractivity contribution >= 4 is 23.1 Å². The highest BCUT2D eigenvalue weighted by Gasteiger charge is 2.17. The summed E-state index contributed by atoms with van der Waals surface area (Å²) in [6.07, 6.45) is 0. The first kappa shape index (κ1) is 11.7. The number of carbonyl (C=O) groups excluding carboxylic acids is 1. The zero-order valence-corrected chi connectivity index (χ0v) is 9.12. The summed E-state index contributed by atoms with van der Waals surface area (Å²) >= 11 is 5.65. The summed E-state index contributed by atoms with van der Waals surface area (Å²) in [5.74, 6) is -0.294. The molecule has 0 bridgehead atoms. The number of rotatable bonds is 3. The molecule has 1 atom stereocenters. The van der Waals surface area contributed by atoms with Crippen molar-refractivity contribution in [1.82, 2.24) is 0 Å². The Kier molecular flexibility index (Phi) is 3.42. The van der Waals surface area contributed by atoms with Crippen molar-refractivity contribution in [2.75, 3.05) is 0 Å². The molecular weight excluding hydrogens is 218 g/mol. The Morgan fingerprint density at radius 1 is 1.53 bits per heavy atom. The topological polar surface area (TPSA) is 60.2 Å². The second-order valence-electron chi connectivity index (χ2n) is 3.24. The van der Waals surface area contributed by atoms with Gasteiger partial charge in [-0.1, -0.05) is 6.07 Å². The van der Waals surface area contributed by atoms with Crippen LogP contribution in [0.15, 0.2) is 18.2 Å². The molecule has 0 fully saturated rings. The van der Waals surface area contributed by atoms with Crippen LogP contribution in [0.5, 0.6) is 0 Å². The second kappa shape index (κ2) is 4.40. The van der Waals surface area contributed by atoms with Crippen molar-refractivity contribution in [3.63, 3.8) is 0 Å². The summed E-state index contributed by atoms with van der Waals surface area (Å²) in [5, 5.41) is 9.84. The lowest BCUT2D eigenvalue weighted by Crippen LogP contribution is -2.12. The zero-order valence-electron chi connectivity index (χ0n) is 8.36. The van der Waals surface area contributed by atoms with Gasteiger partial charge in [-0.25, -0.2) is 0 Å². The van der Waals surface area contributed by atoms with Crippen molar-refractivity contribution in [2.24, 2.45) is 0 Å². The molecule has 4 nitrogen and oxygen atoms in total. The second-order valence-corrected chi connectivity index (χ2v) is 3.89. The number of hydrogen-bond acceptors (Lipinski definition) is 3. The minimum absolute atomic E-state index is 0.0960. The van der Waals surface area contributed by atoms with Crippen LogP contribution in [0.4, 0.5) is 5.69 Å². The van der Waals surface area contributed by atoms with E-state index in [-0.39, 0.29) is 11.5 Å². The summed E-state index contributed by atoms with van der Waals surface area (Å²) in [6.45, 7) is 3.26. The Bertz CT molecular complexity index is 415. The number of benzene rings is 1. The summed E-state index contributed by atoms with van der Waals surface area (Å²) in [4.78, 5) is 21.6. The third-order valence-electron chi connectivity index (χ3n) is 2.06. The van der Waals surface area contributed by atoms with Crippen LogP contribution in [-0.2, 0) is 0 Å². The molecule has 0 aliphatic carbocycles. The number of nitrogens with zero attached hydrogens (tertiary/aromatic N) is 1. The van der Waals surface area contributed by atoms with Gasteiger partial charge in [0.2, 0.25) is 0 Å². The molecule has 0 spiro atoms. The smallest absolute Gasteiger partial charge is 0.270 e. The molecule has 15 heavy (non-hydrogen) atoms. The fourth-order valence-corrected chi connectivity index (χ4v) is 1.32. The van der Waals surface area contributed by atoms with E-state index >= 15 is 0 Å². The normalized spacial score (nSPS) is 12.2. The van der Waals surface area contributed by atoms with E-state index in [1.807, 2.05) is 0 Å². The summed E-state index contributed by atoms with van der Waals surface area (Å²) in [5.41, 5.74) is 0.908. The van der Waals surface area contributed by atoms with Gasteiger partial charge in [-0.3, -0.25) is 14.9 Å². The van der Waals surface area contributed by atoms with Crippen LogP contribution in [-0.4, -0.2) is 16.1 Å². The van der Waals surface area contributed by atoms with Crippen molar-refractivity contribution in [3.8, 4) is 0 Å². The summed E-state index contributed by atoms with van der Waals surface area (Å²) in [7, 11) is 0. The van der Waals surface area contributed by atoms with Crippen LogP contribution in [0.3, 0.4) is 0 Å². The van der Waals surface area contributed by atoms with Gasteiger partial charge in [-0.05, 0) is 19.4 Å². The molecule has 80 valence electrons. The predicted molar refractivity (Wildman–Crippen MR) is 57.5 cm³/mol. The molecule has 1 aromatic rings. The Labute approximate surface area is 92.0 Å². The number of ketones is 1. The van der Waals surface area contributed by atoms with Gasteiger partial charge in [0.15, 0.2) is 5.78 Å². The average molecular weight is 228 g/mol. The zero-order chi connectivity index (χ0) is 11.6. The van der Waals surface area contributed by atoms with Crippen molar-refractivity contribution < 1.29 is 9.72 Å². The quantitative estimate of drug-likeness (QED) is 0.345. The number of carbonyl (C=O) groups is 1. The molecule has 1 unspecified atom stereocenters. The predicted octanol–water partition coefficient (Wildman–Crippen LogP) is 2.71. The van der Waals surface area contributed by atoms with Crippen LogP contribution in [0.2, 0.25) is 0 Å². The van der Waals surface area contributed by atoms with E-state index in [1.165, 1.54) is 12.1 Å². The molecule has 0 aromatic heterocycles. The fraction of sp³-hybridized carbons (Fsp3) is 0.300. The molecule has 1 rings (SSSR count). The molecule has 0 saturated carbocycles. The minimum Gasteiger partial charge on any atom is -0.293 e. The minimum atomic E-state index is -0.675. The van der Waals surface area contributed by atoms with Crippen LogP contribution in [0.25, 0.3) is 0 Å². The maximum Gasteiger partial charge on any atom is 0.270 e. The van der Waals surface area contributed by atoms with Crippen molar-refractivity contribution in [3.05, 3.63) is 39.4 Å². The maximum atomic E-state index is 11.6. The number of halogens is 1. The lowest BCUT2D eigenvalue weighted by atomic mass is 10.0. The van der Waals surface area contributed by atoms with Crippen LogP contribution >= 0.6 is 11.6 Å². The Balaban J connectivity index is 3.22. The number of nitro groups is 1. The molecule has 0 radical (unpaired) electrons. The number of aryl methyl sites for hydroxylation is 1. The molecule has 0 aliphatic rings. The van der Waals surface area contributed by atoms with Gasteiger partial charge in [0, 0.05) is 17.7 Å². The number of Topliss-reactive ketones (excluding diaryl/α,β-unsaturated/α-hetero) is 1. The van der Waals surface area contributed by atoms with E-state index in [2.05, 4.69) is 0 Å².